The van der Waals surface area contributed by atoms with E-state index in [9.17, 15) is 9.59 Å². The predicted octanol–water partition coefficient (Wildman–Crippen LogP) is 5.54. The molecule has 3 unspecified atom stereocenters. The van der Waals surface area contributed by atoms with Gasteiger partial charge in [0.15, 0.2) is 0 Å². The zero-order valence-corrected chi connectivity index (χ0v) is 21.2. The molecule has 2 N–H and O–H groups in total. The molecule has 0 spiro atoms. The Morgan fingerprint density at radius 2 is 1.89 bits per heavy atom. The lowest BCUT2D eigenvalue weighted by atomic mass is 9.79. The lowest BCUT2D eigenvalue weighted by molar-refractivity contribution is -0.136. The molecule has 7 heteroatoms. The third-order valence-corrected chi connectivity index (χ3v) is 9.25. The van der Waals surface area contributed by atoms with E-state index < -0.39 is 5.54 Å². The van der Waals surface area contributed by atoms with Gasteiger partial charge in [-0.15, -0.1) is 0 Å². The molecule has 3 aliphatic carbocycles. The standard InChI is InChI=1S/C28H31Cl2N3O2/c29-20-4-1-3-18(12-20)15-28(23-10-9-21(30)14-24(23)32-27(28)35)33(16-26(34)31-22-5-2-6-22)25-13-17-7-8-19(25)11-17/h1,3-4,9-10,12,14,17,19,22,25H,2,5-8,11,13,15-16H2,(H,31,34)(H,32,35)/t17?,19?,25?,28-/m1/s1. The number of nitrogens with zero attached hydrogens (tertiary/aromatic N) is 1. The molecule has 0 saturated heterocycles. The Morgan fingerprint density at radius 1 is 1.06 bits per heavy atom. The molecule has 1 heterocycles. The molecular formula is C28H31Cl2N3O2. The molecule has 2 aromatic rings. The van der Waals surface area contributed by atoms with E-state index in [1.165, 1.54) is 19.3 Å². The van der Waals surface area contributed by atoms with Gasteiger partial charge in [-0.3, -0.25) is 14.5 Å². The second kappa shape index (κ2) is 9.10. The van der Waals surface area contributed by atoms with Gasteiger partial charge in [-0.1, -0.05) is 47.8 Å². The summed E-state index contributed by atoms with van der Waals surface area (Å²) < 4.78 is 0. The number of anilines is 1. The highest BCUT2D eigenvalue weighted by Crippen LogP contribution is 2.52. The molecule has 35 heavy (non-hydrogen) atoms. The molecule has 4 aliphatic rings. The number of hydrogen-bond donors (Lipinski definition) is 2. The number of halogens is 2. The van der Waals surface area contributed by atoms with Gasteiger partial charge in [0.25, 0.3) is 0 Å². The van der Waals surface area contributed by atoms with Gasteiger partial charge in [0.05, 0.1) is 6.54 Å². The minimum Gasteiger partial charge on any atom is -0.352 e. The summed E-state index contributed by atoms with van der Waals surface area (Å²) in [5.41, 5.74) is 1.60. The van der Waals surface area contributed by atoms with Gasteiger partial charge in [0, 0.05) is 39.8 Å². The van der Waals surface area contributed by atoms with E-state index in [1.807, 2.05) is 42.5 Å². The van der Waals surface area contributed by atoms with Crippen molar-refractivity contribution in [2.45, 2.75) is 69.0 Å². The molecular weight excluding hydrogens is 481 g/mol. The first-order valence-electron chi connectivity index (χ1n) is 12.8. The zero-order chi connectivity index (χ0) is 24.2. The van der Waals surface area contributed by atoms with E-state index in [0.29, 0.717) is 28.3 Å². The van der Waals surface area contributed by atoms with E-state index in [-0.39, 0.29) is 30.4 Å². The summed E-state index contributed by atoms with van der Waals surface area (Å²) in [7, 11) is 0. The Hall–Kier alpha value is -2.08. The first kappa shape index (κ1) is 23.3. The highest BCUT2D eigenvalue weighted by Gasteiger charge is 2.57. The molecule has 2 aromatic carbocycles. The molecule has 184 valence electrons. The van der Waals surface area contributed by atoms with E-state index in [4.69, 9.17) is 23.2 Å². The maximum Gasteiger partial charge on any atom is 0.249 e. The summed E-state index contributed by atoms with van der Waals surface area (Å²) in [5.74, 6) is 1.11. The van der Waals surface area contributed by atoms with Crippen molar-refractivity contribution in [1.82, 2.24) is 10.2 Å². The van der Waals surface area contributed by atoms with Gasteiger partial charge in [-0.05, 0) is 80.2 Å². The Labute approximate surface area is 216 Å². The first-order valence-corrected chi connectivity index (χ1v) is 13.6. The third-order valence-electron chi connectivity index (χ3n) is 8.78. The third kappa shape index (κ3) is 4.16. The Morgan fingerprint density at radius 3 is 2.57 bits per heavy atom. The summed E-state index contributed by atoms with van der Waals surface area (Å²) in [6, 6.07) is 13.8. The predicted molar refractivity (Wildman–Crippen MR) is 139 cm³/mol. The molecule has 2 bridgehead atoms. The number of amides is 2. The molecule has 4 atom stereocenters. The van der Waals surface area contributed by atoms with Crippen LogP contribution in [-0.2, 0) is 21.5 Å². The fourth-order valence-electron chi connectivity index (χ4n) is 6.94. The van der Waals surface area contributed by atoms with Crippen LogP contribution in [0.2, 0.25) is 10.0 Å². The second-order valence-electron chi connectivity index (χ2n) is 10.9. The van der Waals surface area contributed by atoms with Crippen LogP contribution in [-0.4, -0.2) is 35.3 Å². The van der Waals surface area contributed by atoms with Crippen molar-refractivity contribution < 1.29 is 9.59 Å². The smallest absolute Gasteiger partial charge is 0.249 e. The fraction of sp³-hybridized carbons (Fsp3) is 0.500. The fourth-order valence-corrected chi connectivity index (χ4v) is 7.33. The van der Waals surface area contributed by atoms with Crippen LogP contribution >= 0.6 is 23.2 Å². The summed E-state index contributed by atoms with van der Waals surface area (Å²) in [6.45, 7) is 0.209. The van der Waals surface area contributed by atoms with Gasteiger partial charge in [-0.2, -0.15) is 0 Å². The number of carbonyl (C=O) groups is 2. The molecule has 0 aromatic heterocycles. The molecule has 3 saturated carbocycles. The molecule has 2 amide bonds. The summed E-state index contributed by atoms with van der Waals surface area (Å²) in [4.78, 5) is 29.7. The Kier molecular flexibility index (Phi) is 6.06. The minimum atomic E-state index is -1.00. The highest BCUT2D eigenvalue weighted by atomic mass is 35.5. The topological polar surface area (TPSA) is 61.4 Å². The Balaban J connectivity index is 1.45. The van der Waals surface area contributed by atoms with Gasteiger partial charge >= 0.3 is 0 Å². The van der Waals surface area contributed by atoms with Crippen LogP contribution in [0.15, 0.2) is 42.5 Å². The van der Waals surface area contributed by atoms with Crippen LogP contribution in [0.4, 0.5) is 5.69 Å². The van der Waals surface area contributed by atoms with Crippen LogP contribution in [0, 0.1) is 11.8 Å². The maximum atomic E-state index is 14.1. The molecule has 1 aliphatic heterocycles. The molecule has 0 radical (unpaired) electrons. The van der Waals surface area contributed by atoms with Crippen molar-refractivity contribution in [2.75, 3.05) is 11.9 Å². The van der Waals surface area contributed by atoms with E-state index in [1.54, 1.807) is 0 Å². The van der Waals surface area contributed by atoms with Crippen LogP contribution < -0.4 is 10.6 Å². The Bertz CT molecular complexity index is 1170. The SMILES string of the molecule is O=C(CN(C1CC2CCC1C2)[C@@]1(Cc2cccc(Cl)c2)C(=O)Nc2cc(Cl)ccc21)NC1CCC1. The molecule has 3 fully saturated rings. The van der Waals surface area contributed by atoms with Crippen LogP contribution in [0.25, 0.3) is 0 Å². The number of carbonyl (C=O) groups excluding carboxylic acids is 2. The van der Waals surface area contributed by atoms with Gasteiger partial charge in [0.2, 0.25) is 11.8 Å². The average Bonchev–Trinajstić information content (AvgIpc) is 3.49. The first-order chi connectivity index (χ1) is 16.9. The summed E-state index contributed by atoms with van der Waals surface area (Å²) in [5, 5.41) is 7.56. The largest absolute Gasteiger partial charge is 0.352 e. The number of rotatable bonds is 7. The highest BCUT2D eigenvalue weighted by molar-refractivity contribution is 6.31. The minimum absolute atomic E-state index is 0.0122. The van der Waals surface area contributed by atoms with Crippen molar-refractivity contribution in [3.63, 3.8) is 0 Å². The van der Waals surface area contributed by atoms with Gasteiger partial charge < -0.3 is 10.6 Å². The van der Waals surface area contributed by atoms with Crippen molar-refractivity contribution in [1.29, 1.82) is 0 Å². The van der Waals surface area contributed by atoms with Crippen molar-refractivity contribution in [2.24, 2.45) is 11.8 Å². The maximum absolute atomic E-state index is 14.1. The van der Waals surface area contributed by atoms with Crippen LogP contribution in [0.5, 0.6) is 0 Å². The van der Waals surface area contributed by atoms with Crippen molar-refractivity contribution >= 4 is 40.7 Å². The lowest BCUT2D eigenvalue weighted by Crippen LogP contribution is -2.60. The van der Waals surface area contributed by atoms with Crippen molar-refractivity contribution in [3.05, 3.63) is 63.6 Å². The van der Waals surface area contributed by atoms with Crippen LogP contribution in [0.1, 0.15) is 56.1 Å². The number of hydrogen-bond acceptors (Lipinski definition) is 3. The van der Waals surface area contributed by atoms with Gasteiger partial charge in [0.1, 0.15) is 5.54 Å². The normalized spacial score (nSPS) is 29.2. The molecule has 5 nitrogen and oxygen atoms in total. The molecule has 6 rings (SSSR count). The lowest BCUT2D eigenvalue weighted by Gasteiger charge is -2.46. The number of benzene rings is 2. The zero-order valence-electron chi connectivity index (χ0n) is 19.7. The number of nitrogens with one attached hydrogen (secondary N) is 2. The summed E-state index contributed by atoms with van der Waals surface area (Å²) in [6.07, 6.45) is 8.32. The monoisotopic (exact) mass is 511 g/mol. The van der Waals surface area contributed by atoms with Gasteiger partial charge in [-0.25, -0.2) is 0 Å². The number of fused-ring (bicyclic) bond motifs is 3. The quantitative estimate of drug-likeness (QED) is 0.512. The van der Waals surface area contributed by atoms with E-state index in [0.717, 1.165) is 42.5 Å². The summed E-state index contributed by atoms with van der Waals surface area (Å²) >= 11 is 12.7. The van der Waals surface area contributed by atoms with E-state index >= 15 is 0 Å². The van der Waals surface area contributed by atoms with Crippen LogP contribution in [0.3, 0.4) is 0 Å². The van der Waals surface area contributed by atoms with Crippen molar-refractivity contribution in [3.8, 4) is 0 Å². The second-order valence-corrected chi connectivity index (χ2v) is 11.7. The average molecular weight is 512 g/mol. The van der Waals surface area contributed by atoms with E-state index in [2.05, 4.69) is 15.5 Å².